The molecule has 6 nitrogen and oxygen atoms in total. The summed E-state index contributed by atoms with van der Waals surface area (Å²) in [7, 11) is 0. The average Bonchev–Trinajstić information content (AvgIpc) is 3.05. The zero-order chi connectivity index (χ0) is 16.9. The number of nitrogens with zero attached hydrogens (tertiary/aromatic N) is 3. The maximum atomic E-state index is 12.9. The molecule has 1 atom stereocenters. The van der Waals surface area contributed by atoms with Crippen LogP contribution in [0.2, 0.25) is 0 Å². The van der Waals surface area contributed by atoms with Gasteiger partial charge in [-0.15, -0.1) is 0 Å². The predicted octanol–water partition coefficient (Wildman–Crippen LogP) is 2.49. The number of pyridine rings is 1. The van der Waals surface area contributed by atoms with E-state index in [-0.39, 0.29) is 17.9 Å². The first-order valence-electron chi connectivity index (χ1n) is 7.59. The number of benzene rings is 1. The van der Waals surface area contributed by atoms with Crippen LogP contribution < -0.4 is 15.5 Å². The minimum atomic E-state index is -0.351. The Balaban J connectivity index is 1.57. The Morgan fingerprint density at radius 1 is 1.33 bits per heavy atom. The second-order valence-electron chi connectivity index (χ2n) is 5.52. The minimum absolute atomic E-state index is 0.0426. The minimum Gasteiger partial charge on any atom is -0.353 e. The first-order valence-corrected chi connectivity index (χ1v) is 7.59. The summed E-state index contributed by atoms with van der Waals surface area (Å²) >= 11 is 0. The van der Waals surface area contributed by atoms with Crippen molar-refractivity contribution in [2.75, 3.05) is 23.3 Å². The molecule has 1 saturated heterocycles. The lowest BCUT2D eigenvalue weighted by molar-refractivity contribution is 0.249. The molecule has 0 bridgehead atoms. The highest BCUT2D eigenvalue weighted by molar-refractivity contribution is 5.89. The fourth-order valence-corrected chi connectivity index (χ4v) is 2.69. The molecule has 0 saturated carbocycles. The highest BCUT2D eigenvalue weighted by Gasteiger charge is 2.26. The van der Waals surface area contributed by atoms with E-state index in [1.54, 1.807) is 18.3 Å². The number of aromatic nitrogens is 1. The number of rotatable bonds is 3. The van der Waals surface area contributed by atoms with E-state index in [4.69, 9.17) is 5.26 Å². The summed E-state index contributed by atoms with van der Waals surface area (Å²) in [5, 5.41) is 14.7. The van der Waals surface area contributed by atoms with Crippen molar-refractivity contribution >= 4 is 17.5 Å². The zero-order valence-electron chi connectivity index (χ0n) is 12.9. The van der Waals surface area contributed by atoms with E-state index < -0.39 is 0 Å². The summed E-state index contributed by atoms with van der Waals surface area (Å²) < 4.78 is 12.9. The molecule has 2 N–H and O–H groups in total. The summed E-state index contributed by atoms with van der Waals surface area (Å²) in [5.41, 5.74) is 1.05. The normalized spacial score (nSPS) is 16.5. The van der Waals surface area contributed by atoms with E-state index in [1.165, 1.54) is 24.3 Å². The van der Waals surface area contributed by atoms with Crippen molar-refractivity contribution in [1.82, 2.24) is 10.3 Å². The topological polar surface area (TPSA) is 81.1 Å². The Hall–Kier alpha value is -3.14. The molecular formula is C17H16FN5O. The maximum Gasteiger partial charge on any atom is 0.319 e. The van der Waals surface area contributed by atoms with Gasteiger partial charge in [0.2, 0.25) is 0 Å². The molecule has 0 unspecified atom stereocenters. The molecule has 7 heteroatoms. The molecule has 122 valence electrons. The van der Waals surface area contributed by atoms with Gasteiger partial charge in [-0.2, -0.15) is 5.26 Å². The van der Waals surface area contributed by atoms with Crippen LogP contribution in [0, 0.1) is 17.1 Å². The number of nitriles is 1. The lowest BCUT2D eigenvalue weighted by Crippen LogP contribution is -2.39. The van der Waals surface area contributed by atoms with Crippen molar-refractivity contribution < 1.29 is 9.18 Å². The van der Waals surface area contributed by atoms with Crippen LogP contribution in [0.4, 0.5) is 20.7 Å². The number of urea groups is 1. The first kappa shape index (κ1) is 15.7. The Bertz CT molecular complexity index is 771. The third kappa shape index (κ3) is 3.60. The van der Waals surface area contributed by atoms with Gasteiger partial charge in [0, 0.05) is 31.0 Å². The lowest BCUT2D eigenvalue weighted by atomic mass is 10.2. The van der Waals surface area contributed by atoms with Gasteiger partial charge in [-0.25, -0.2) is 14.2 Å². The van der Waals surface area contributed by atoms with Crippen molar-refractivity contribution in [1.29, 1.82) is 5.26 Å². The van der Waals surface area contributed by atoms with Crippen LogP contribution in [-0.4, -0.2) is 30.1 Å². The molecular weight excluding hydrogens is 309 g/mol. The van der Waals surface area contributed by atoms with Gasteiger partial charge >= 0.3 is 6.03 Å². The van der Waals surface area contributed by atoms with E-state index in [0.29, 0.717) is 30.2 Å². The number of carbonyl (C=O) groups is 1. The SMILES string of the molecule is N#Cc1cccnc1N1CC[C@H](NC(=O)Nc2ccc(F)cc2)C1. The fraction of sp³-hybridized carbons (Fsp3) is 0.235. The van der Waals surface area contributed by atoms with Gasteiger partial charge in [0.05, 0.1) is 5.56 Å². The number of halogens is 1. The monoisotopic (exact) mass is 325 g/mol. The molecule has 0 aliphatic carbocycles. The largest absolute Gasteiger partial charge is 0.353 e. The van der Waals surface area contributed by atoms with Crippen molar-refractivity contribution in [2.45, 2.75) is 12.5 Å². The van der Waals surface area contributed by atoms with Gasteiger partial charge in [0.1, 0.15) is 17.7 Å². The third-order valence-electron chi connectivity index (χ3n) is 3.83. The smallest absolute Gasteiger partial charge is 0.319 e. The number of hydrogen-bond donors (Lipinski definition) is 2. The van der Waals surface area contributed by atoms with Crippen LogP contribution in [0.5, 0.6) is 0 Å². The molecule has 1 aromatic carbocycles. The zero-order valence-corrected chi connectivity index (χ0v) is 12.9. The van der Waals surface area contributed by atoms with Gasteiger partial charge in [-0.05, 0) is 42.8 Å². The van der Waals surface area contributed by atoms with Crippen molar-refractivity contribution in [3.05, 3.63) is 54.0 Å². The van der Waals surface area contributed by atoms with Crippen LogP contribution in [0.15, 0.2) is 42.6 Å². The van der Waals surface area contributed by atoms with Gasteiger partial charge in [-0.3, -0.25) is 0 Å². The maximum absolute atomic E-state index is 12.9. The Kier molecular flexibility index (Phi) is 4.57. The molecule has 1 aliphatic rings. The fourth-order valence-electron chi connectivity index (χ4n) is 2.69. The lowest BCUT2D eigenvalue weighted by Gasteiger charge is -2.19. The summed E-state index contributed by atoms with van der Waals surface area (Å²) in [6, 6.07) is 10.8. The number of anilines is 2. The second kappa shape index (κ2) is 6.96. The van der Waals surface area contributed by atoms with Crippen LogP contribution in [0.3, 0.4) is 0 Å². The Morgan fingerprint density at radius 3 is 2.88 bits per heavy atom. The molecule has 0 spiro atoms. The summed E-state index contributed by atoms with van der Waals surface area (Å²) in [6.45, 7) is 1.30. The molecule has 24 heavy (non-hydrogen) atoms. The van der Waals surface area contributed by atoms with Crippen molar-refractivity contribution in [3.63, 3.8) is 0 Å². The Labute approximate surface area is 138 Å². The quantitative estimate of drug-likeness (QED) is 0.908. The predicted molar refractivity (Wildman–Crippen MR) is 88.1 cm³/mol. The van der Waals surface area contributed by atoms with Crippen LogP contribution in [0.25, 0.3) is 0 Å². The van der Waals surface area contributed by atoms with Crippen molar-refractivity contribution in [3.8, 4) is 6.07 Å². The summed E-state index contributed by atoms with van der Waals surface area (Å²) in [6.07, 6.45) is 2.41. The van der Waals surface area contributed by atoms with Crippen LogP contribution in [-0.2, 0) is 0 Å². The highest BCUT2D eigenvalue weighted by Crippen LogP contribution is 2.21. The molecule has 0 radical (unpaired) electrons. The molecule has 2 amide bonds. The first-order chi connectivity index (χ1) is 11.7. The van der Waals surface area contributed by atoms with E-state index in [9.17, 15) is 9.18 Å². The van der Waals surface area contributed by atoms with Crippen LogP contribution >= 0.6 is 0 Å². The number of amides is 2. The van der Waals surface area contributed by atoms with Gasteiger partial charge < -0.3 is 15.5 Å². The molecule has 1 aromatic heterocycles. The number of nitrogens with one attached hydrogen (secondary N) is 2. The molecule has 1 aliphatic heterocycles. The van der Waals surface area contributed by atoms with Gasteiger partial charge in [0.15, 0.2) is 0 Å². The summed E-state index contributed by atoms with van der Waals surface area (Å²) in [4.78, 5) is 18.3. The molecule has 2 heterocycles. The Morgan fingerprint density at radius 2 is 2.12 bits per heavy atom. The highest BCUT2D eigenvalue weighted by atomic mass is 19.1. The van der Waals surface area contributed by atoms with E-state index in [2.05, 4.69) is 21.7 Å². The molecule has 2 aromatic rings. The summed E-state index contributed by atoms with van der Waals surface area (Å²) in [5.74, 6) is 0.291. The molecule has 3 rings (SSSR count). The second-order valence-corrected chi connectivity index (χ2v) is 5.52. The third-order valence-corrected chi connectivity index (χ3v) is 3.83. The number of hydrogen-bond acceptors (Lipinski definition) is 4. The average molecular weight is 325 g/mol. The van der Waals surface area contributed by atoms with Crippen LogP contribution in [0.1, 0.15) is 12.0 Å². The van der Waals surface area contributed by atoms with Crippen molar-refractivity contribution in [2.24, 2.45) is 0 Å². The van der Waals surface area contributed by atoms with E-state index in [0.717, 1.165) is 6.42 Å². The van der Waals surface area contributed by atoms with E-state index in [1.807, 2.05) is 4.90 Å². The standard InChI is InChI=1S/C17H16FN5O/c18-13-3-5-14(6-4-13)21-17(24)22-15-7-9-23(11-15)16-12(10-19)2-1-8-20-16/h1-6,8,15H,7,9,11H2,(H2,21,22,24)/t15-/m0/s1. The number of carbonyl (C=O) groups excluding carboxylic acids is 1. The van der Waals surface area contributed by atoms with Gasteiger partial charge in [0.25, 0.3) is 0 Å². The van der Waals surface area contributed by atoms with E-state index >= 15 is 0 Å². The molecule has 1 fully saturated rings. The van der Waals surface area contributed by atoms with Gasteiger partial charge in [-0.1, -0.05) is 0 Å².